The Morgan fingerprint density at radius 2 is 2.28 bits per heavy atom. The van der Waals surface area contributed by atoms with E-state index in [1.165, 1.54) is 5.38 Å². The van der Waals surface area contributed by atoms with Crippen LogP contribution in [-0.2, 0) is 6.54 Å². The highest BCUT2D eigenvalue weighted by molar-refractivity contribution is 7.13. The van der Waals surface area contributed by atoms with Crippen molar-refractivity contribution < 1.29 is 14.7 Å². The maximum atomic E-state index is 11.6. The van der Waals surface area contributed by atoms with Gasteiger partial charge in [-0.3, -0.25) is 4.79 Å². The number of hydrogen-bond acceptors (Lipinski definition) is 7. The molecule has 0 saturated heterocycles. The topological polar surface area (TPSA) is 105 Å². The van der Waals surface area contributed by atoms with E-state index in [4.69, 9.17) is 5.11 Å². The molecule has 0 aliphatic carbocycles. The number of nitrogens with zero attached hydrogens (tertiary/aromatic N) is 3. The number of thiazole rings is 1. The molecule has 0 saturated carbocycles. The van der Waals surface area contributed by atoms with Crippen LogP contribution in [-0.4, -0.2) is 31.6 Å². The summed E-state index contributed by atoms with van der Waals surface area (Å²) >= 11 is 2.14. The van der Waals surface area contributed by atoms with Gasteiger partial charge in [0.25, 0.3) is 5.91 Å². The Labute approximate surface area is 110 Å². The highest BCUT2D eigenvalue weighted by Crippen LogP contribution is 2.17. The molecule has 2 aromatic heterocycles. The fourth-order valence-corrected chi connectivity index (χ4v) is 2.52. The zero-order chi connectivity index (χ0) is 13.1. The van der Waals surface area contributed by atoms with Crippen molar-refractivity contribution in [3.63, 3.8) is 0 Å². The third kappa shape index (κ3) is 2.68. The second-order valence-corrected chi connectivity index (χ2v) is 4.99. The maximum Gasteiger partial charge on any atom is 0.347 e. The van der Waals surface area contributed by atoms with E-state index in [9.17, 15) is 9.59 Å². The molecule has 0 bridgehead atoms. The zero-order valence-electron chi connectivity index (χ0n) is 9.21. The van der Waals surface area contributed by atoms with Crippen molar-refractivity contribution in [2.45, 2.75) is 13.5 Å². The normalized spacial score (nSPS) is 10.3. The fourth-order valence-electron chi connectivity index (χ4n) is 1.24. The lowest BCUT2D eigenvalue weighted by Gasteiger charge is -1.98. The number of carbonyl (C=O) groups is 2. The van der Waals surface area contributed by atoms with Gasteiger partial charge in [0.1, 0.15) is 9.88 Å². The average Bonchev–Trinajstić information content (AvgIpc) is 2.94. The molecule has 0 radical (unpaired) electrons. The quantitative estimate of drug-likeness (QED) is 0.865. The van der Waals surface area contributed by atoms with Crippen LogP contribution >= 0.6 is 22.9 Å². The molecule has 0 aliphatic rings. The van der Waals surface area contributed by atoms with Gasteiger partial charge in [-0.2, -0.15) is 0 Å². The summed E-state index contributed by atoms with van der Waals surface area (Å²) in [5.41, 5.74) is 0.693. The molecule has 9 heteroatoms. The molecule has 2 N–H and O–H groups in total. The van der Waals surface area contributed by atoms with Gasteiger partial charge in [-0.15, -0.1) is 16.4 Å². The van der Waals surface area contributed by atoms with E-state index in [2.05, 4.69) is 19.9 Å². The first-order valence-electron chi connectivity index (χ1n) is 4.82. The third-order valence-electron chi connectivity index (χ3n) is 2.03. The highest BCUT2D eigenvalue weighted by atomic mass is 32.1. The van der Waals surface area contributed by atoms with E-state index in [1.54, 1.807) is 6.92 Å². The Kier molecular flexibility index (Phi) is 3.63. The standard InChI is InChI=1S/C9H8N4O3S2/c1-4-7(9(15)16)18-6(11-4)2-10-8(14)5-3-17-13-12-5/h3H,2H2,1H3,(H,10,14)(H,15,16). The summed E-state index contributed by atoms with van der Waals surface area (Å²) in [6.07, 6.45) is 0. The van der Waals surface area contributed by atoms with Crippen molar-refractivity contribution in [2.75, 3.05) is 0 Å². The zero-order valence-corrected chi connectivity index (χ0v) is 10.8. The Bertz CT molecular complexity index is 579. The fraction of sp³-hybridized carbons (Fsp3) is 0.222. The summed E-state index contributed by atoms with van der Waals surface area (Å²) in [7, 11) is 0. The molecule has 0 spiro atoms. The summed E-state index contributed by atoms with van der Waals surface area (Å²) in [4.78, 5) is 26.6. The molecule has 0 unspecified atom stereocenters. The number of nitrogens with one attached hydrogen (secondary N) is 1. The first-order chi connectivity index (χ1) is 8.58. The molecule has 7 nitrogen and oxygen atoms in total. The van der Waals surface area contributed by atoms with Gasteiger partial charge in [-0.1, -0.05) is 4.49 Å². The maximum absolute atomic E-state index is 11.6. The van der Waals surface area contributed by atoms with Crippen molar-refractivity contribution in [1.29, 1.82) is 0 Å². The number of carbonyl (C=O) groups excluding carboxylic acids is 1. The van der Waals surface area contributed by atoms with E-state index >= 15 is 0 Å². The van der Waals surface area contributed by atoms with Gasteiger partial charge >= 0.3 is 5.97 Å². The molecule has 18 heavy (non-hydrogen) atoms. The molecule has 0 aliphatic heterocycles. The second-order valence-electron chi connectivity index (χ2n) is 3.30. The van der Waals surface area contributed by atoms with E-state index in [0.717, 1.165) is 22.9 Å². The molecule has 94 valence electrons. The van der Waals surface area contributed by atoms with Crippen LogP contribution in [0.15, 0.2) is 5.38 Å². The molecule has 1 amide bonds. The highest BCUT2D eigenvalue weighted by Gasteiger charge is 2.15. The van der Waals surface area contributed by atoms with Gasteiger partial charge in [0.15, 0.2) is 5.69 Å². The molecular weight excluding hydrogens is 276 g/mol. The molecular formula is C9H8N4O3S2. The number of aromatic carboxylic acids is 1. The second kappa shape index (κ2) is 5.19. The summed E-state index contributed by atoms with van der Waals surface area (Å²) in [5, 5.41) is 17.2. The SMILES string of the molecule is Cc1nc(CNC(=O)c2csnn2)sc1C(=O)O. The first-order valence-corrected chi connectivity index (χ1v) is 6.48. The Morgan fingerprint density at radius 3 is 2.83 bits per heavy atom. The number of hydrogen-bond donors (Lipinski definition) is 2. The number of carboxylic acid groups (broad SMARTS) is 1. The lowest BCUT2D eigenvalue weighted by molar-refractivity contribution is 0.0701. The van der Waals surface area contributed by atoms with E-state index in [-0.39, 0.29) is 23.0 Å². The van der Waals surface area contributed by atoms with E-state index < -0.39 is 5.97 Å². The van der Waals surface area contributed by atoms with Crippen molar-refractivity contribution in [3.8, 4) is 0 Å². The van der Waals surface area contributed by atoms with Crippen LogP contribution in [0.1, 0.15) is 30.9 Å². The van der Waals surface area contributed by atoms with Gasteiger partial charge in [-0.05, 0) is 18.5 Å². The number of carboxylic acids is 1. The number of aryl methyl sites for hydroxylation is 1. The van der Waals surface area contributed by atoms with Crippen molar-refractivity contribution in [2.24, 2.45) is 0 Å². The predicted molar refractivity (Wildman–Crippen MR) is 64.9 cm³/mol. The monoisotopic (exact) mass is 284 g/mol. The van der Waals surface area contributed by atoms with Crippen LogP contribution in [0.4, 0.5) is 0 Å². The van der Waals surface area contributed by atoms with E-state index in [0.29, 0.717) is 10.7 Å². The lowest BCUT2D eigenvalue weighted by atomic mass is 10.4. The van der Waals surface area contributed by atoms with Gasteiger partial charge < -0.3 is 10.4 Å². The van der Waals surface area contributed by atoms with Crippen LogP contribution in [0.25, 0.3) is 0 Å². The number of rotatable bonds is 4. The minimum atomic E-state index is -1.01. The molecule has 0 aromatic carbocycles. The van der Waals surface area contributed by atoms with Gasteiger partial charge in [0.2, 0.25) is 0 Å². The van der Waals surface area contributed by atoms with Gasteiger partial charge in [0, 0.05) is 5.38 Å². The Morgan fingerprint density at radius 1 is 1.50 bits per heavy atom. The molecule has 2 heterocycles. The van der Waals surface area contributed by atoms with Gasteiger partial charge in [-0.25, -0.2) is 9.78 Å². The molecule has 0 atom stereocenters. The lowest BCUT2D eigenvalue weighted by Crippen LogP contribution is -2.23. The molecule has 2 rings (SSSR count). The summed E-state index contributed by atoms with van der Waals surface area (Å²) in [5.74, 6) is -1.36. The van der Waals surface area contributed by atoms with Crippen LogP contribution < -0.4 is 5.32 Å². The Balaban J connectivity index is 2.01. The predicted octanol–water partition coefficient (Wildman–Crippen LogP) is 0.931. The van der Waals surface area contributed by atoms with Crippen LogP contribution in [0.5, 0.6) is 0 Å². The average molecular weight is 284 g/mol. The van der Waals surface area contributed by atoms with Crippen molar-refractivity contribution in [1.82, 2.24) is 19.9 Å². The summed E-state index contributed by atoms with van der Waals surface area (Å²) < 4.78 is 3.58. The first kappa shape index (κ1) is 12.6. The van der Waals surface area contributed by atoms with Crippen LogP contribution in [0.3, 0.4) is 0 Å². The van der Waals surface area contributed by atoms with Crippen LogP contribution in [0.2, 0.25) is 0 Å². The number of aromatic nitrogens is 3. The number of amides is 1. The molecule has 2 aromatic rings. The summed E-state index contributed by atoms with van der Waals surface area (Å²) in [6, 6.07) is 0. The van der Waals surface area contributed by atoms with Crippen LogP contribution in [0, 0.1) is 6.92 Å². The Hall–Kier alpha value is -1.87. The van der Waals surface area contributed by atoms with Crippen molar-refractivity contribution in [3.05, 3.63) is 26.7 Å². The third-order valence-corrected chi connectivity index (χ3v) is 3.68. The largest absolute Gasteiger partial charge is 0.477 e. The minimum absolute atomic E-state index is 0.176. The smallest absolute Gasteiger partial charge is 0.347 e. The van der Waals surface area contributed by atoms with E-state index in [1.807, 2.05) is 0 Å². The van der Waals surface area contributed by atoms with Crippen molar-refractivity contribution >= 4 is 34.7 Å². The molecule has 0 fully saturated rings. The minimum Gasteiger partial charge on any atom is -0.477 e. The van der Waals surface area contributed by atoms with Gasteiger partial charge in [0.05, 0.1) is 12.2 Å². The summed E-state index contributed by atoms with van der Waals surface area (Å²) in [6.45, 7) is 1.80.